The summed E-state index contributed by atoms with van der Waals surface area (Å²) in [6.07, 6.45) is 0.461. The molecule has 6 nitrogen and oxygen atoms in total. The first-order valence-electron chi connectivity index (χ1n) is 6.90. The van der Waals surface area contributed by atoms with Crippen molar-refractivity contribution in [1.29, 1.82) is 0 Å². The topological polar surface area (TPSA) is 88.0 Å². The number of nitrogens with one attached hydrogen (secondary N) is 1. The van der Waals surface area contributed by atoms with Gasteiger partial charge in [0, 0.05) is 30.2 Å². The molecule has 1 saturated carbocycles. The third kappa shape index (κ3) is 3.65. The summed E-state index contributed by atoms with van der Waals surface area (Å²) in [7, 11) is 3.05. The average Bonchev–Trinajstić information content (AvgIpc) is 2.86. The van der Waals surface area contributed by atoms with Crippen LogP contribution in [-0.2, 0) is 0 Å². The van der Waals surface area contributed by atoms with E-state index in [0.717, 1.165) is 0 Å². The summed E-state index contributed by atoms with van der Waals surface area (Å²) in [6.45, 7) is -0.0689. The lowest BCUT2D eigenvalue weighted by atomic mass is 10.1. The second-order valence-corrected chi connectivity index (χ2v) is 5.25. The van der Waals surface area contributed by atoms with Crippen molar-refractivity contribution in [2.75, 3.05) is 20.8 Å². The van der Waals surface area contributed by atoms with Crippen molar-refractivity contribution in [2.45, 2.75) is 25.0 Å². The number of benzene rings is 1. The number of hydrogen-bond donors (Lipinski definition) is 3. The molecule has 1 aliphatic carbocycles. The second-order valence-electron chi connectivity index (χ2n) is 5.25. The summed E-state index contributed by atoms with van der Waals surface area (Å²) < 4.78 is 10.3. The Kier molecular flexibility index (Phi) is 5.03. The Morgan fingerprint density at radius 3 is 2.33 bits per heavy atom. The van der Waals surface area contributed by atoms with E-state index in [0.29, 0.717) is 29.9 Å². The molecule has 0 radical (unpaired) electrons. The zero-order chi connectivity index (χ0) is 15.4. The zero-order valence-electron chi connectivity index (χ0n) is 12.2. The number of methoxy groups -OCH3 is 2. The fourth-order valence-electron chi connectivity index (χ4n) is 2.62. The maximum atomic E-state index is 12.3. The molecule has 0 spiro atoms. The van der Waals surface area contributed by atoms with E-state index in [-0.39, 0.29) is 24.5 Å². The highest BCUT2D eigenvalue weighted by atomic mass is 16.5. The lowest BCUT2D eigenvalue weighted by Gasteiger charge is -2.14. The van der Waals surface area contributed by atoms with Gasteiger partial charge in [-0.1, -0.05) is 0 Å². The van der Waals surface area contributed by atoms with Crippen molar-refractivity contribution < 1.29 is 24.5 Å². The van der Waals surface area contributed by atoms with Gasteiger partial charge in [0.1, 0.15) is 11.5 Å². The number of carbonyl (C=O) groups excluding carboxylic acids is 1. The molecule has 3 N–H and O–H groups in total. The Labute approximate surface area is 123 Å². The predicted molar refractivity (Wildman–Crippen MR) is 76.6 cm³/mol. The first-order chi connectivity index (χ1) is 10.1. The van der Waals surface area contributed by atoms with Gasteiger partial charge in [-0.25, -0.2) is 0 Å². The SMILES string of the molecule is COc1cc(OC)cc(C(=O)N[C@@H]2C[C@@H](CO)[C@H](O)C2)c1. The minimum Gasteiger partial charge on any atom is -0.497 e. The molecule has 116 valence electrons. The maximum Gasteiger partial charge on any atom is 0.251 e. The summed E-state index contributed by atoms with van der Waals surface area (Å²) in [5, 5.41) is 21.8. The van der Waals surface area contributed by atoms with E-state index in [1.165, 1.54) is 14.2 Å². The van der Waals surface area contributed by atoms with E-state index in [1.54, 1.807) is 18.2 Å². The first-order valence-corrected chi connectivity index (χ1v) is 6.90. The van der Waals surface area contributed by atoms with Gasteiger partial charge >= 0.3 is 0 Å². The molecule has 0 heterocycles. The molecule has 21 heavy (non-hydrogen) atoms. The number of carbonyl (C=O) groups is 1. The van der Waals surface area contributed by atoms with Crippen LogP contribution >= 0.6 is 0 Å². The lowest BCUT2D eigenvalue weighted by molar-refractivity contribution is 0.0903. The molecule has 0 saturated heterocycles. The van der Waals surface area contributed by atoms with Gasteiger partial charge in [0.2, 0.25) is 0 Å². The monoisotopic (exact) mass is 295 g/mol. The summed E-state index contributed by atoms with van der Waals surface area (Å²) in [5.41, 5.74) is 0.438. The van der Waals surface area contributed by atoms with Crippen molar-refractivity contribution in [3.05, 3.63) is 23.8 Å². The van der Waals surface area contributed by atoms with Crippen LogP contribution in [0.4, 0.5) is 0 Å². The van der Waals surface area contributed by atoms with Crippen LogP contribution in [0.1, 0.15) is 23.2 Å². The molecule has 1 aromatic carbocycles. The molecule has 2 rings (SSSR count). The van der Waals surface area contributed by atoms with Crippen molar-refractivity contribution in [2.24, 2.45) is 5.92 Å². The van der Waals surface area contributed by atoms with Gasteiger partial charge in [-0.3, -0.25) is 4.79 Å². The molecule has 3 atom stereocenters. The Balaban J connectivity index is 2.07. The second kappa shape index (κ2) is 6.78. The van der Waals surface area contributed by atoms with E-state index >= 15 is 0 Å². The van der Waals surface area contributed by atoms with Crippen LogP contribution in [0.25, 0.3) is 0 Å². The van der Waals surface area contributed by atoms with Gasteiger partial charge in [0.05, 0.1) is 20.3 Å². The first kappa shape index (κ1) is 15.6. The van der Waals surface area contributed by atoms with Gasteiger partial charge < -0.3 is 25.0 Å². The van der Waals surface area contributed by atoms with Crippen molar-refractivity contribution in [3.63, 3.8) is 0 Å². The van der Waals surface area contributed by atoms with Crippen molar-refractivity contribution in [1.82, 2.24) is 5.32 Å². The zero-order valence-corrected chi connectivity index (χ0v) is 12.2. The Bertz CT molecular complexity index is 483. The highest BCUT2D eigenvalue weighted by Crippen LogP contribution is 2.27. The molecule has 6 heteroatoms. The average molecular weight is 295 g/mol. The normalized spacial score (nSPS) is 24.7. The Morgan fingerprint density at radius 2 is 1.86 bits per heavy atom. The fraction of sp³-hybridized carbons (Fsp3) is 0.533. The third-order valence-electron chi connectivity index (χ3n) is 3.84. The number of aliphatic hydroxyl groups excluding tert-OH is 2. The van der Waals surface area contributed by atoms with E-state index in [2.05, 4.69) is 5.32 Å². The number of hydrogen-bond acceptors (Lipinski definition) is 5. The highest BCUT2D eigenvalue weighted by Gasteiger charge is 2.33. The smallest absolute Gasteiger partial charge is 0.251 e. The van der Waals surface area contributed by atoms with Crippen molar-refractivity contribution in [3.8, 4) is 11.5 Å². The van der Waals surface area contributed by atoms with Gasteiger partial charge in [0.15, 0.2) is 0 Å². The van der Waals surface area contributed by atoms with Crippen LogP contribution in [0.5, 0.6) is 11.5 Å². The Morgan fingerprint density at radius 1 is 1.24 bits per heavy atom. The molecular weight excluding hydrogens is 274 g/mol. The van der Waals surface area contributed by atoms with E-state index < -0.39 is 6.10 Å². The molecule has 1 amide bonds. The largest absolute Gasteiger partial charge is 0.497 e. The van der Waals surface area contributed by atoms with Gasteiger partial charge in [-0.05, 0) is 25.0 Å². The molecule has 0 aromatic heterocycles. The molecule has 0 unspecified atom stereocenters. The van der Waals surface area contributed by atoms with Crippen LogP contribution in [-0.4, -0.2) is 49.1 Å². The van der Waals surface area contributed by atoms with Gasteiger partial charge in [-0.2, -0.15) is 0 Å². The van der Waals surface area contributed by atoms with Crippen LogP contribution in [0.3, 0.4) is 0 Å². The standard InChI is InChI=1S/C15H21NO5/c1-20-12-4-9(5-13(7-12)21-2)15(19)16-11-3-10(8-17)14(18)6-11/h4-5,7,10-11,14,17-18H,3,6,8H2,1-2H3,(H,16,19)/t10-,11+,14+/m0/s1. The van der Waals surface area contributed by atoms with E-state index in [4.69, 9.17) is 14.6 Å². The minimum atomic E-state index is -0.569. The van der Waals surface area contributed by atoms with Gasteiger partial charge in [0.25, 0.3) is 5.91 Å². The van der Waals surface area contributed by atoms with Crippen LogP contribution in [0.15, 0.2) is 18.2 Å². The molecule has 1 fully saturated rings. The minimum absolute atomic E-state index is 0.0689. The van der Waals surface area contributed by atoms with Crippen molar-refractivity contribution >= 4 is 5.91 Å². The van der Waals surface area contributed by atoms with E-state index in [9.17, 15) is 9.90 Å². The number of amides is 1. The van der Waals surface area contributed by atoms with Crippen LogP contribution < -0.4 is 14.8 Å². The Hall–Kier alpha value is -1.79. The molecule has 0 aliphatic heterocycles. The van der Waals surface area contributed by atoms with Crippen LogP contribution in [0, 0.1) is 5.92 Å². The summed E-state index contributed by atoms with van der Waals surface area (Å²) in [4.78, 5) is 12.3. The highest BCUT2D eigenvalue weighted by molar-refractivity contribution is 5.95. The number of aliphatic hydroxyl groups is 2. The maximum absolute atomic E-state index is 12.3. The number of ether oxygens (including phenoxy) is 2. The molecule has 1 aromatic rings. The van der Waals surface area contributed by atoms with Gasteiger partial charge in [-0.15, -0.1) is 0 Å². The summed E-state index contributed by atoms with van der Waals surface area (Å²) in [5.74, 6) is 0.663. The predicted octanol–water partition coefficient (Wildman–Crippen LogP) is 0.565. The fourth-order valence-corrected chi connectivity index (χ4v) is 2.62. The van der Waals surface area contributed by atoms with E-state index in [1.807, 2.05) is 0 Å². The molecule has 0 bridgehead atoms. The number of rotatable bonds is 5. The summed E-state index contributed by atoms with van der Waals surface area (Å²) in [6, 6.07) is 4.82. The molecular formula is C15H21NO5. The third-order valence-corrected chi connectivity index (χ3v) is 3.84. The summed E-state index contributed by atoms with van der Waals surface area (Å²) >= 11 is 0. The lowest BCUT2D eigenvalue weighted by Crippen LogP contribution is -2.33. The molecule has 1 aliphatic rings. The van der Waals surface area contributed by atoms with Crippen LogP contribution in [0.2, 0.25) is 0 Å². The quantitative estimate of drug-likeness (QED) is 0.739.